The summed E-state index contributed by atoms with van der Waals surface area (Å²) in [5.74, 6) is -0.0264. The third-order valence-corrected chi connectivity index (χ3v) is 5.39. The number of hydrogen-bond acceptors (Lipinski definition) is 3. The van der Waals surface area contributed by atoms with Gasteiger partial charge in [0.1, 0.15) is 0 Å². The average Bonchev–Trinajstić information content (AvgIpc) is 3.12. The van der Waals surface area contributed by atoms with Crippen LogP contribution in [0.3, 0.4) is 0 Å². The molecule has 0 spiro atoms. The molecule has 31 heavy (non-hydrogen) atoms. The second kappa shape index (κ2) is 8.96. The molecule has 0 bridgehead atoms. The lowest BCUT2D eigenvalue weighted by molar-refractivity contribution is -0.116. The van der Waals surface area contributed by atoms with E-state index in [0.29, 0.717) is 17.7 Å². The van der Waals surface area contributed by atoms with Crippen molar-refractivity contribution < 1.29 is 9.59 Å². The van der Waals surface area contributed by atoms with Crippen molar-refractivity contribution in [1.29, 1.82) is 0 Å². The minimum atomic E-state index is -0.0361. The Hall–Kier alpha value is -3.73. The molecule has 5 nitrogen and oxygen atoms in total. The van der Waals surface area contributed by atoms with Crippen molar-refractivity contribution in [2.24, 2.45) is 0 Å². The summed E-state index contributed by atoms with van der Waals surface area (Å²) >= 11 is 0. The van der Waals surface area contributed by atoms with E-state index in [1.54, 1.807) is 30.5 Å². The van der Waals surface area contributed by atoms with Gasteiger partial charge in [-0.25, -0.2) is 0 Å². The lowest BCUT2D eigenvalue weighted by Crippen LogP contribution is -2.11. The number of ketones is 1. The Morgan fingerprint density at radius 3 is 2.55 bits per heavy atom. The number of anilines is 1. The Bertz CT molecular complexity index is 1220. The zero-order valence-corrected chi connectivity index (χ0v) is 17.7. The van der Waals surface area contributed by atoms with Crippen LogP contribution in [-0.4, -0.2) is 21.7 Å². The summed E-state index contributed by atoms with van der Waals surface area (Å²) in [6.45, 7) is 3.61. The molecule has 0 radical (unpaired) electrons. The molecule has 5 heteroatoms. The van der Waals surface area contributed by atoms with E-state index in [4.69, 9.17) is 0 Å². The molecule has 0 atom stereocenters. The molecule has 2 aromatic carbocycles. The van der Waals surface area contributed by atoms with Crippen LogP contribution in [0.2, 0.25) is 0 Å². The van der Waals surface area contributed by atoms with Crippen molar-refractivity contribution in [3.63, 3.8) is 0 Å². The summed E-state index contributed by atoms with van der Waals surface area (Å²) in [5.41, 5.74) is 6.73. The van der Waals surface area contributed by atoms with Gasteiger partial charge in [0.05, 0.1) is 11.4 Å². The van der Waals surface area contributed by atoms with E-state index in [0.717, 1.165) is 29.7 Å². The highest BCUT2D eigenvalue weighted by Crippen LogP contribution is 2.31. The van der Waals surface area contributed by atoms with Crippen LogP contribution in [0.15, 0.2) is 66.9 Å². The van der Waals surface area contributed by atoms with Crippen LogP contribution < -0.4 is 5.32 Å². The number of aromatic amines is 1. The quantitative estimate of drug-likeness (QED) is 0.383. The molecular formula is C26H25N3O2. The molecule has 0 aliphatic carbocycles. The van der Waals surface area contributed by atoms with Gasteiger partial charge in [0.25, 0.3) is 0 Å². The van der Waals surface area contributed by atoms with Crippen LogP contribution in [0.25, 0.3) is 22.3 Å². The largest absolute Gasteiger partial charge is 0.353 e. The lowest BCUT2D eigenvalue weighted by atomic mass is 10.0. The van der Waals surface area contributed by atoms with Crippen LogP contribution in [0.5, 0.6) is 0 Å². The van der Waals surface area contributed by atoms with Gasteiger partial charge in [0.2, 0.25) is 5.91 Å². The van der Waals surface area contributed by atoms with Crippen LogP contribution in [0, 0.1) is 6.92 Å². The number of rotatable bonds is 7. The van der Waals surface area contributed by atoms with Crippen LogP contribution in [0.4, 0.5) is 5.69 Å². The predicted octanol–water partition coefficient (Wildman–Crippen LogP) is 5.70. The first-order chi connectivity index (χ1) is 15.0. The number of amides is 1. The molecule has 2 aromatic heterocycles. The number of H-pyrrole nitrogens is 1. The van der Waals surface area contributed by atoms with Crippen molar-refractivity contribution in [3.05, 3.63) is 83.6 Å². The van der Waals surface area contributed by atoms with Gasteiger partial charge in [0.15, 0.2) is 5.78 Å². The van der Waals surface area contributed by atoms with Gasteiger partial charge < -0.3 is 10.3 Å². The zero-order chi connectivity index (χ0) is 21.8. The Labute approximate surface area is 181 Å². The fraction of sp³-hybridized carbons (Fsp3) is 0.192. The maximum atomic E-state index is 12.4. The summed E-state index contributed by atoms with van der Waals surface area (Å²) in [6.07, 6.45) is 3.69. The smallest absolute Gasteiger partial charge is 0.224 e. The Balaban J connectivity index is 1.47. The fourth-order valence-corrected chi connectivity index (χ4v) is 3.79. The number of Topliss-reactive ketones (excluding diaryl/α,β-unsaturated/α-hetero) is 1. The number of fused-ring (bicyclic) bond motifs is 1. The van der Waals surface area contributed by atoms with Crippen molar-refractivity contribution in [3.8, 4) is 11.4 Å². The molecule has 0 saturated heterocycles. The highest BCUT2D eigenvalue weighted by molar-refractivity contribution is 5.95. The van der Waals surface area contributed by atoms with E-state index < -0.39 is 0 Å². The second-order valence-corrected chi connectivity index (χ2v) is 7.78. The molecule has 1 amide bonds. The van der Waals surface area contributed by atoms with E-state index in [1.165, 1.54) is 23.4 Å². The summed E-state index contributed by atoms with van der Waals surface area (Å²) in [6, 6.07) is 19.2. The number of aryl methyl sites for hydroxylation is 2. The minimum absolute atomic E-state index is 0.00977. The molecule has 2 heterocycles. The van der Waals surface area contributed by atoms with E-state index in [9.17, 15) is 9.59 Å². The molecule has 0 unspecified atom stereocenters. The molecule has 2 N–H and O–H groups in total. The molecule has 0 saturated carbocycles. The highest BCUT2D eigenvalue weighted by atomic mass is 16.1. The van der Waals surface area contributed by atoms with Crippen LogP contribution in [-0.2, 0) is 11.2 Å². The van der Waals surface area contributed by atoms with Crippen LogP contribution >= 0.6 is 0 Å². The van der Waals surface area contributed by atoms with Gasteiger partial charge in [0, 0.05) is 34.8 Å². The molecular weight excluding hydrogens is 386 g/mol. The van der Waals surface area contributed by atoms with E-state index in [1.807, 2.05) is 18.2 Å². The number of carbonyl (C=O) groups is 2. The maximum Gasteiger partial charge on any atom is 0.224 e. The Kier molecular flexibility index (Phi) is 5.94. The summed E-state index contributed by atoms with van der Waals surface area (Å²) in [5, 5.41) is 4.09. The molecule has 4 rings (SSSR count). The SMILES string of the molecule is CC(=O)c1ccc(NC(=O)CCCc2c(-c3ccccn3)[nH]c3ccc(C)cc23)cc1. The summed E-state index contributed by atoms with van der Waals surface area (Å²) in [7, 11) is 0. The normalized spacial score (nSPS) is 10.9. The lowest BCUT2D eigenvalue weighted by Gasteiger charge is -2.07. The average molecular weight is 412 g/mol. The number of pyridine rings is 1. The maximum absolute atomic E-state index is 12.4. The standard InChI is InChI=1S/C26H25N3O2/c1-17-9-14-23-22(16-17)21(26(29-23)24-7-3-4-15-27-24)6-5-8-25(31)28-20-12-10-19(11-13-20)18(2)30/h3-4,7,9-16,29H,5-6,8H2,1-2H3,(H,28,31). The molecule has 156 valence electrons. The minimum Gasteiger partial charge on any atom is -0.353 e. The number of nitrogens with zero attached hydrogens (tertiary/aromatic N) is 1. The van der Waals surface area contributed by atoms with Gasteiger partial charge in [-0.2, -0.15) is 0 Å². The van der Waals surface area contributed by atoms with Gasteiger partial charge in [-0.05, 0) is 80.8 Å². The molecule has 0 fully saturated rings. The van der Waals surface area contributed by atoms with Crippen molar-refractivity contribution in [1.82, 2.24) is 9.97 Å². The number of aromatic nitrogens is 2. The Morgan fingerprint density at radius 1 is 1.03 bits per heavy atom. The highest BCUT2D eigenvalue weighted by Gasteiger charge is 2.15. The molecule has 0 aliphatic rings. The third kappa shape index (κ3) is 4.72. The third-order valence-electron chi connectivity index (χ3n) is 5.39. The predicted molar refractivity (Wildman–Crippen MR) is 124 cm³/mol. The topological polar surface area (TPSA) is 74.8 Å². The van der Waals surface area contributed by atoms with Crippen molar-refractivity contribution in [2.75, 3.05) is 5.32 Å². The number of hydrogen-bond donors (Lipinski definition) is 2. The first kappa shape index (κ1) is 20.5. The van der Waals surface area contributed by atoms with Crippen molar-refractivity contribution >= 4 is 28.3 Å². The van der Waals surface area contributed by atoms with Gasteiger partial charge in [-0.1, -0.05) is 17.7 Å². The number of carbonyl (C=O) groups excluding carboxylic acids is 2. The first-order valence-electron chi connectivity index (χ1n) is 10.4. The first-order valence-corrected chi connectivity index (χ1v) is 10.4. The summed E-state index contributed by atoms with van der Waals surface area (Å²) in [4.78, 5) is 31.8. The van der Waals surface area contributed by atoms with Crippen molar-refractivity contribution in [2.45, 2.75) is 33.1 Å². The van der Waals surface area contributed by atoms with E-state index in [2.05, 4.69) is 40.4 Å². The van der Waals surface area contributed by atoms with Gasteiger partial charge in [-0.15, -0.1) is 0 Å². The summed E-state index contributed by atoms with van der Waals surface area (Å²) < 4.78 is 0. The number of nitrogens with one attached hydrogen (secondary N) is 2. The monoisotopic (exact) mass is 411 g/mol. The Morgan fingerprint density at radius 2 is 1.84 bits per heavy atom. The second-order valence-electron chi connectivity index (χ2n) is 7.78. The van der Waals surface area contributed by atoms with Crippen LogP contribution in [0.1, 0.15) is 41.3 Å². The van der Waals surface area contributed by atoms with Gasteiger partial charge in [-0.3, -0.25) is 14.6 Å². The van der Waals surface area contributed by atoms with E-state index >= 15 is 0 Å². The van der Waals surface area contributed by atoms with E-state index in [-0.39, 0.29) is 11.7 Å². The fourth-order valence-electron chi connectivity index (χ4n) is 3.79. The van der Waals surface area contributed by atoms with Gasteiger partial charge >= 0.3 is 0 Å². The molecule has 0 aliphatic heterocycles. The molecule has 4 aromatic rings. The zero-order valence-electron chi connectivity index (χ0n) is 17.7. The number of benzene rings is 2.